The molecule has 1 aromatic carbocycles. The van der Waals surface area contributed by atoms with E-state index in [9.17, 15) is 5.11 Å². The SMILES string of the molecule is CCCC(C)(O)C1CC2[C@H]3Cc4ccc(OC)c5c4[C@@]2(CCN3C)[C@@H](O5)[C@]1(CC)OC. The summed E-state index contributed by atoms with van der Waals surface area (Å²) in [4.78, 5) is 2.55. The average molecular weight is 430 g/mol. The van der Waals surface area contributed by atoms with Crippen LogP contribution in [0.5, 0.6) is 11.5 Å². The van der Waals surface area contributed by atoms with Gasteiger partial charge in [-0.3, -0.25) is 0 Å². The van der Waals surface area contributed by atoms with E-state index in [1.54, 1.807) is 7.11 Å². The van der Waals surface area contributed by atoms with Gasteiger partial charge in [0.2, 0.25) is 0 Å². The van der Waals surface area contributed by atoms with Crippen LogP contribution in [0.1, 0.15) is 64.0 Å². The maximum atomic E-state index is 11.8. The number of piperidine rings is 1. The lowest BCUT2D eigenvalue weighted by atomic mass is 9.45. The zero-order valence-corrected chi connectivity index (χ0v) is 20.0. The molecular formula is C26H39NO4. The lowest BCUT2D eigenvalue weighted by Crippen LogP contribution is -2.74. The molecule has 172 valence electrons. The Bertz CT molecular complexity index is 863. The number of hydrogen-bond donors (Lipinski definition) is 1. The van der Waals surface area contributed by atoms with Crippen molar-refractivity contribution < 1.29 is 19.3 Å². The fraction of sp³-hybridized carbons (Fsp3) is 0.769. The topological polar surface area (TPSA) is 51.2 Å². The van der Waals surface area contributed by atoms with Gasteiger partial charge in [-0.15, -0.1) is 0 Å². The van der Waals surface area contributed by atoms with Crippen LogP contribution in [0.3, 0.4) is 0 Å². The summed E-state index contributed by atoms with van der Waals surface area (Å²) in [6, 6.07) is 4.80. The second-order valence-corrected chi connectivity index (χ2v) is 10.7. The van der Waals surface area contributed by atoms with E-state index < -0.39 is 11.2 Å². The Morgan fingerprint density at radius 2 is 2.06 bits per heavy atom. The fourth-order valence-electron chi connectivity index (χ4n) is 8.26. The van der Waals surface area contributed by atoms with E-state index in [-0.39, 0.29) is 17.4 Å². The van der Waals surface area contributed by atoms with Crippen molar-refractivity contribution >= 4 is 0 Å². The van der Waals surface area contributed by atoms with Gasteiger partial charge in [0.25, 0.3) is 0 Å². The van der Waals surface area contributed by atoms with Gasteiger partial charge < -0.3 is 24.2 Å². The maximum Gasteiger partial charge on any atom is 0.165 e. The molecule has 2 heterocycles. The predicted molar refractivity (Wildman–Crippen MR) is 121 cm³/mol. The molecule has 5 nitrogen and oxygen atoms in total. The molecule has 2 aliphatic heterocycles. The van der Waals surface area contributed by atoms with Crippen molar-refractivity contribution in [1.82, 2.24) is 4.90 Å². The summed E-state index contributed by atoms with van der Waals surface area (Å²) in [6.45, 7) is 7.45. The summed E-state index contributed by atoms with van der Waals surface area (Å²) < 4.78 is 19.2. The van der Waals surface area contributed by atoms with E-state index in [2.05, 4.69) is 37.9 Å². The van der Waals surface area contributed by atoms with E-state index in [0.717, 1.165) is 56.6 Å². The Labute approximate surface area is 187 Å². The quantitative estimate of drug-likeness (QED) is 0.742. The van der Waals surface area contributed by atoms with Gasteiger partial charge in [0.1, 0.15) is 11.7 Å². The smallest absolute Gasteiger partial charge is 0.165 e. The Kier molecular flexibility index (Phi) is 4.93. The Morgan fingerprint density at radius 1 is 1.29 bits per heavy atom. The first-order valence-corrected chi connectivity index (χ1v) is 12.2. The number of hydrogen-bond acceptors (Lipinski definition) is 5. The molecule has 7 atom stereocenters. The Balaban J connectivity index is 1.76. The van der Waals surface area contributed by atoms with Gasteiger partial charge >= 0.3 is 0 Å². The first-order valence-electron chi connectivity index (χ1n) is 12.2. The molecule has 4 aliphatic rings. The summed E-state index contributed by atoms with van der Waals surface area (Å²) in [6.07, 6.45) is 5.52. The van der Waals surface area contributed by atoms with Crippen molar-refractivity contribution in [2.24, 2.45) is 11.8 Å². The molecule has 2 aliphatic carbocycles. The summed E-state index contributed by atoms with van der Waals surface area (Å²) in [5.74, 6) is 2.23. The number of benzene rings is 1. The van der Waals surface area contributed by atoms with Crippen LogP contribution >= 0.6 is 0 Å². The monoisotopic (exact) mass is 429 g/mol. The van der Waals surface area contributed by atoms with Crippen LogP contribution in [-0.4, -0.2) is 61.2 Å². The van der Waals surface area contributed by atoms with E-state index in [1.165, 1.54) is 11.1 Å². The van der Waals surface area contributed by atoms with E-state index in [4.69, 9.17) is 14.2 Å². The van der Waals surface area contributed by atoms with E-state index >= 15 is 0 Å². The summed E-state index contributed by atoms with van der Waals surface area (Å²) in [7, 11) is 5.83. The van der Waals surface area contributed by atoms with E-state index in [0.29, 0.717) is 12.0 Å². The van der Waals surface area contributed by atoms with Crippen LogP contribution in [-0.2, 0) is 16.6 Å². The fourth-order valence-corrected chi connectivity index (χ4v) is 8.26. The highest BCUT2D eigenvalue weighted by Crippen LogP contribution is 2.68. The molecule has 1 aromatic rings. The third-order valence-electron chi connectivity index (χ3n) is 9.56. The van der Waals surface area contributed by atoms with Gasteiger partial charge in [-0.05, 0) is 70.2 Å². The van der Waals surface area contributed by atoms with Crippen LogP contribution in [0.15, 0.2) is 12.1 Å². The van der Waals surface area contributed by atoms with Gasteiger partial charge in [0.15, 0.2) is 11.5 Å². The van der Waals surface area contributed by atoms with Crippen LogP contribution < -0.4 is 9.47 Å². The Morgan fingerprint density at radius 3 is 2.71 bits per heavy atom. The second-order valence-electron chi connectivity index (χ2n) is 10.7. The van der Waals surface area contributed by atoms with Gasteiger partial charge in [-0.2, -0.15) is 0 Å². The van der Waals surface area contributed by atoms with Crippen molar-refractivity contribution in [2.75, 3.05) is 27.8 Å². The minimum Gasteiger partial charge on any atom is -0.493 e. The largest absolute Gasteiger partial charge is 0.493 e. The molecule has 2 bridgehead atoms. The molecule has 3 unspecified atom stereocenters. The van der Waals surface area contributed by atoms with Gasteiger partial charge in [-0.1, -0.05) is 26.3 Å². The average Bonchev–Trinajstić information content (AvgIpc) is 3.11. The first-order chi connectivity index (χ1) is 14.8. The summed E-state index contributed by atoms with van der Waals surface area (Å²) in [5, 5.41) is 11.8. The zero-order chi connectivity index (χ0) is 22.2. The Hall–Kier alpha value is -1.30. The molecule has 2 fully saturated rings. The molecule has 0 amide bonds. The zero-order valence-electron chi connectivity index (χ0n) is 20.0. The summed E-state index contributed by atoms with van der Waals surface area (Å²) >= 11 is 0. The molecule has 1 saturated carbocycles. The molecule has 1 spiro atoms. The number of nitrogens with zero attached hydrogens (tertiary/aromatic N) is 1. The lowest BCUT2D eigenvalue weighted by Gasteiger charge is -2.65. The molecule has 1 N–H and O–H groups in total. The number of aliphatic hydroxyl groups is 1. The van der Waals surface area contributed by atoms with Crippen LogP contribution in [0.25, 0.3) is 0 Å². The molecule has 0 aromatic heterocycles. The number of methoxy groups -OCH3 is 2. The first kappa shape index (κ1) is 21.5. The molecule has 5 rings (SSSR count). The van der Waals surface area contributed by atoms with Crippen molar-refractivity contribution in [3.8, 4) is 11.5 Å². The van der Waals surface area contributed by atoms with Crippen LogP contribution in [0, 0.1) is 11.8 Å². The highest BCUT2D eigenvalue weighted by Gasteiger charge is 2.73. The van der Waals surface area contributed by atoms with Crippen LogP contribution in [0.2, 0.25) is 0 Å². The second kappa shape index (κ2) is 7.10. The molecule has 0 radical (unpaired) electrons. The van der Waals surface area contributed by atoms with Crippen molar-refractivity contribution in [2.45, 2.75) is 88.1 Å². The molecule has 1 saturated heterocycles. The van der Waals surface area contributed by atoms with Crippen molar-refractivity contribution in [3.05, 3.63) is 23.3 Å². The maximum absolute atomic E-state index is 11.8. The van der Waals surface area contributed by atoms with Gasteiger partial charge in [0.05, 0.1) is 12.7 Å². The highest BCUT2D eigenvalue weighted by molar-refractivity contribution is 5.61. The van der Waals surface area contributed by atoms with Gasteiger partial charge in [-0.25, -0.2) is 0 Å². The number of likely N-dealkylation sites (tertiary alicyclic amines) is 1. The minimum atomic E-state index is -0.794. The molecule has 5 heteroatoms. The van der Waals surface area contributed by atoms with Crippen molar-refractivity contribution in [3.63, 3.8) is 0 Å². The van der Waals surface area contributed by atoms with Gasteiger partial charge in [0, 0.05) is 30.0 Å². The molecule has 31 heavy (non-hydrogen) atoms. The summed E-state index contributed by atoms with van der Waals surface area (Å²) in [5.41, 5.74) is 1.39. The number of likely N-dealkylation sites (N-methyl/N-ethyl adjacent to an activating group) is 1. The van der Waals surface area contributed by atoms with E-state index in [1.807, 2.05) is 14.0 Å². The highest BCUT2D eigenvalue weighted by atomic mass is 16.6. The predicted octanol–water partition coefficient (Wildman–Crippen LogP) is 3.94. The third-order valence-corrected chi connectivity index (χ3v) is 9.56. The number of ether oxygens (including phenoxy) is 3. The minimum absolute atomic E-state index is 0.0222. The molecular weight excluding hydrogens is 390 g/mol. The lowest BCUT2D eigenvalue weighted by molar-refractivity contribution is -0.241. The standard InChI is InChI=1S/C26H39NO4/c1-7-11-24(3,28)20-15-17-18-14-16-9-10-19(29-5)22-21(16)25(17,12-13-27(18)4)23(31-22)26(20,8-2)30-6/h9-10,17-18,20,23,28H,7-8,11-15H2,1-6H3/t17?,18-,20?,23-,24?,25+,26-/m1/s1. The number of rotatable bonds is 6. The van der Waals surface area contributed by atoms with Crippen molar-refractivity contribution in [1.29, 1.82) is 0 Å². The van der Waals surface area contributed by atoms with Crippen LogP contribution in [0.4, 0.5) is 0 Å². The third kappa shape index (κ3) is 2.54. The normalized spacial score (nSPS) is 40.1.